The van der Waals surface area contributed by atoms with E-state index in [0.29, 0.717) is 0 Å². The maximum atomic E-state index is 4.39. The first kappa shape index (κ1) is 7.52. The van der Waals surface area contributed by atoms with Crippen molar-refractivity contribution in [2.75, 3.05) is 6.54 Å². The van der Waals surface area contributed by atoms with E-state index >= 15 is 0 Å². The lowest BCUT2D eigenvalue weighted by atomic mass is 10.1. The van der Waals surface area contributed by atoms with Gasteiger partial charge in [-0.3, -0.25) is 4.99 Å². The predicted molar refractivity (Wildman–Crippen MR) is 45.6 cm³/mol. The van der Waals surface area contributed by atoms with Crippen LogP contribution in [-0.2, 0) is 0 Å². The zero-order valence-electron chi connectivity index (χ0n) is 6.47. The van der Waals surface area contributed by atoms with Gasteiger partial charge in [-0.1, -0.05) is 6.08 Å². The minimum absolute atomic E-state index is 1.07. The van der Waals surface area contributed by atoms with Crippen LogP contribution in [0.4, 0.5) is 0 Å². The molecule has 0 radical (unpaired) electrons. The van der Waals surface area contributed by atoms with E-state index in [2.05, 4.69) is 11.6 Å². The van der Waals surface area contributed by atoms with Crippen LogP contribution < -0.4 is 0 Å². The minimum atomic E-state index is 1.07. The molecule has 0 amide bonds. The van der Waals surface area contributed by atoms with E-state index in [0.717, 1.165) is 13.0 Å². The summed E-state index contributed by atoms with van der Waals surface area (Å²) in [6.07, 6.45) is 8.09. The highest BCUT2D eigenvalue weighted by atomic mass is 14.8. The van der Waals surface area contributed by atoms with Gasteiger partial charge in [0.05, 0.1) is 0 Å². The number of hydrogen-bond acceptors (Lipinski definition) is 1. The minimum Gasteiger partial charge on any atom is -0.294 e. The molecule has 0 bridgehead atoms. The Hall–Kier alpha value is -0.590. The fourth-order valence-corrected chi connectivity index (χ4v) is 1.25. The van der Waals surface area contributed by atoms with E-state index in [1.807, 2.05) is 6.08 Å². The molecule has 1 heteroatoms. The molecule has 1 rings (SSSR count). The standard InChI is InChI=1S/C9H15N/c1-2-3-4-6-9-7-5-8-10-9/h2H,1,3-8H2. The number of unbranched alkanes of at least 4 members (excludes halogenated alkanes) is 1. The first-order valence-corrected chi connectivity index (χ1v) is 4.06. The van der Waals surface area contributed by atoms with Crippen LogP contribution in [0.1, 0.15) is 32.1 Å². The second-order valence-corrected chi connectivity index (χ2v) is 2.73. The number of rotatable bonds is 4. The van der Waals surface area contributed by atoms with Crippen LogP contribution in [0.2, 0.25) is 0 Å². The van der Waals surface area contributed by atoms with Crippen LogP contribution in [-0.4, -0.2) is 12.3 Å². The maximum absolute atomic E-state index is 4.39. The summed E-state index contributed by atoms with van der Waals surface area (Å²) in [6, 6.07) is 0. The van der Waals surface area contributed by atoms with Crippen LogP contribution in [0.3, 0.4) is 0 Å². The van der Waals surface area contributed by atoms with Crippen molar-refractivity contribution in [3.63, 3.8) is 0 Å². The van der Waals surface area contributed by atoms with Gasteiger partial charge in [0, 0.05) is 12.3 Å². The summed E-state index contributed by atoms with van der Waals surface area (Å²) in [7, 11) is 0. The number of allylic oxidation sites excluding steroid dienone is 1. The molecule has 0 atom stereocenters. The second kappa shape index (κ2) is 4.26. The molecule has 0 aromatic rings. The molecular weight excluding hydrogens is 122 g/mol. The molecule has 0 aromatic heterocycles. The average Bonchev–Trinajstić information content (AvgIpc) is 2.41. The third kappa shape index (κ3) is 2.34. The van der Waals surface area contributed by atoms with Gasteiger partial charge in [0.1, 0.15) is 0 Å². The van der Waals surface area contributed by atoms with E-state index in [1.165, 1.54) is 31.4 Å². The molecule has 1 aliphatic rings. The van der Waals surface area contributed by atoms with Crippen LogP contribution in [0.25, 0.3) is 0 Å². The number of nitrogens with zero attached hydrogens (tertiary/aromatic N) is 1. The lowest BCUT2D eigenvalue weighted by Gasteiger charge is -1.95. The van der Waals surface area contributed by atoms with Gasteiger partial charge in [0.25, 0.3) is 0 Å². The first-order chi connectivity index (χ1) is 4.93. The molecule has 0 saturated heterocycles. The third-order valence-electron chi connectivity index (χ3n) is 1.83. The summed E-state index contributed by atoms with van der Waals surface area (Å²) in [6.45, 7) is 4.76. The molecule has 56 valence electrons. The van der Waals surface area contributed by atoms with E-state index in [4.69, 9.17) is 0 Å². The van der Waals surface area contributed by atoms with Crippen molar-refractivity contribution in [2.45, 2.75) is 32.1 Å². The smallest absolute Gasteiger partial charge is 0.0392 e. The SMILES string of the molecule is C=CCCCC1=NCCC1. The topological polar surface area (TPSA) is 12.4 Å². The fourth-order valence-electron chi connectivity index (χ4n) is 1.25. The summed E-state index contributed by atoms with van der Waals surface area (Å²) >= 11 is 0. The van der Waals surface area contributed by atoms with Gasteiger partial charge in [-0.05, 0) is 32.1 Å². The highest BCUT2D eigenvalue weighted by molar-refractivity contribution is 5.85. The molecule has 10 heavy (non-hydrogen) atoms. The van der Waals surface area contributed by atoms with Gasteiger partial charge >= 0.3 is 0 Å². The monoisotopic (exact) mass is 137 g/mol. The van der Waals surface area contributed by atoms with Gasteiger partial charge < -0.3 is 0 Å². The lowest BCUT2D eigenvalue weighted by molar-refractivity contribution is 0.881. The van der Waals surface area contributed by atoms with Crippen molar-refractivity contribution in [1.82, 2.24) is 0 Å². The predicted octanol–water partition coefficient (Wildman–Crippen LogP) is 2.58. The molecule has 1 nitrogen and oxygen atoms in total. The number of hydrogen-bond donors (Lipinski definition) is 0. The summed E-state index contributed by atoms with van der Waals surface area (Å²) in [5, 5.41) is 0. The van der Waals surface area contributed by atoms with Gasteiger partial charge in [-0.15, -0.1) is 6.58 Å². The summed E-state index contributed by atoms with van der Waals surface area (Å²) in [5.41, 5.74) is 1.43. The molecule has 0 fully saturated rings. The van der Waals surface area contributed by atoms with Crippen molar-refractivity contribution >= 4 is 5.71 Å². The highest BCUT2D eigenvalue weighted by Crippen LogP contribution is 2.09. The van der Waals surface area contributed by atoms with Crippen LogP contribution in [0.5, 0.6) is 0 Å². The number of aliphatic imine (C=N–C) groups is 1. The highest BCUT2D eigenvalue weighted by Gasteiger charge is 2.03. The molecule has 0 spiro atoms. The third-order valence-corrected chi connectivity index (χ3v) is 1.83. The molecule has 0 N–H and O–H groups in total. The van der Waals surface area contributed by atoms with Gasteiger partial charge in [0.15, 0.2) is 0 Å². The Morgan fingerprint density at radius 2 is 2.50 bits per heavy atom. The molecule has 0 unspecified atom stereocenters. The van der Waals surface area contributed by atoms with Gasteiger partial charge in [-0.2, -0.15) is 0 Å². The van der Waals surface area contributed by atoms with E-state index in [9.17, 15) is 0 Å². The van der Waals surface area contributed by atoms with Crippen molar-refractivity contribution in [1.29, 1.82) is 0 Å². The van der Waals surface area contributed by atoms with Crippen molar-refractivity contribution in [3.05, 3.63) is 12.7 Å². The zero-order chi connectivity index (χ0) is 7.23. The Balaban J connectivity index is 2.06. The van der Waals surface area contributed by atoms with Crippen LogP contribution in [0.15, 0.2) is 17.6 Å². The van der Waals surface area contributed by atoms with E-state index in [-0.39, 0.29) is 0 Å². The van der Waals surface area contributed by atoms with E-state index < -0.39 is 0 Å². The van der Waals surface area contributed by atoms with Crippen LogP contribution in [0, 0.1) is 0 Å². The first-order valence-electron chi connectivity index (χ1n) is 4.06. The zero-order valence-corrected chi connectivity index (χ0v) is 6.47. The van der Waals surface area contributed by atoms with Crippen molar-refractivity contribution in [3.8, 4) is 0 Å². The van der Waals surface area contributed by atoms with Gasteiger partial charge in [0.2, 0.25) is 0 Å². The van der Waals surface area contributed by atoms with E-state index in [1.54, 1.807) is 0 Å². The summed E-state index contributed by atoms with van der Waals surface area (Å²) in [4.78, 5) is 4.39. The Morgan fingerprint density at radius 1 is 1.60 bits per heavy atom. The average molecular weight is 137 g/mol. The van der Waals surface area contributed by atoms with Gasteiger partial charge in [-0.25, -0.2) is 0 Å². The second-order valence-electron chi connectivity index (χ2n) is 2.73. The largest absolute Gasteiger partial charge is 0.294 e. The van der Waals surface area contributed by atoms with Crippen molar-refractivity contribution < 1.29 is 0 Å². The Kier molecular flexibility index (Phi) is 3.20. The summed E-state index contributed by atoms with van der Waals surface area (Å²) < 4.78 is 0. The molecule has 0 aromatic carbocycles. The molecular formula is C9H15N. The molecule has 0 saturated carbocycles. The molecule has 0 aliphatic carbocycles. The Morgan fingerprint density at radius 3 is 3.10 bits per heavy atom. The van der Waals surface area contributed by atoms with Crippen LogP contribution >= 0.6 is 0 Å². The van der Waals surface area contributed by atoms with Crippen molar-refractivity contribution in [2.24, 2.45) is 4.99 Å². The molecule has 1 aliphatic heterocycles. The Labute approximate surface area is 62.9 Å². The Bertz CT molecular complexity index is 136. The lowest BCUT2D eigenvalue weighted by Crippen LogP contribution is -1.91. The fraction of sp³-hybridized carbons (Fsp3) is 0.667. The summed E-state index contributed by atoms with van der Waals surface area (Å²) in [5.74, 6) is 0. The molecule has 1 heterocycles. The maximum Gasteiger partial charge on any atom is 0.0392 e. The normalized spacial score (nSPS) is 17.0. The quantitative estimate of drug-likeness (QED) is 0.417.